The van der Waals surface area contributed by atoms with E-state index in [1.165, 1.54) is 19.1 Å². The summed E-state index contributed by atoms with van der Waals surface area (Å²) >= 11 is 0. The highest BCUT2D eigenvalue weighted by molar-refractivity contribution is 6.23. The Morgan fingerprint density at radius 1 is 1.08 bits per heavy atom. The van der Waals surface area contributed by atoms with Gasteiger partial charge in [0.2, 0.25) is 5.91 Å². The molecule has 1 aliphatic heterocycles. The number of esters is 1. The zero-order valence-electron chi connectivity index (χ0n) is 15.0. The molecule has 0 radical (unpaired) electrons. The van der Waals surface area contributed by atoms with Crippen molar-refractivity contribution < 1.29 is 23.9 Å². The molecule has 134 valence electrons. The molecule has 1 N–H and O–H groups in total. The van der Waals surface area contributed by atoms with E-state index in [4.69, 9.17) is 4.74 Å². The van der Waals surface area contributed by atoms with Crippen LogP contribution in [0.3, 0.4) is 0 Å². The minimum atomic E-state index is -1.33. The standard InChI is InChI=1S/C18H22N2O5/c1-10(14(21)19-18(2,3)4)13(17(24)25-5)20-15(22)11-8-6-7-9-12(11)16(20)23/h6-10,13H,1-5H3,(H,19,21)/t10-,13+/m1/s1. The van der Waals surface area contributed by atoms with E-state index in [-0.39, 0.29) is 11.1 Å². The number of methoxy groups -OCH3 is 1. The second-order valence-electron chi connectivity index (χ2n) is 7.02. The molecule has 0 spiro atoms. The number of nitrogens with one attached hydrogen (secondary N) is 1. The summed E-state index contributed by atoms with van der Waals surface area (Å²) in [6.07, 6.45) is 0. The van der Waals surface area contributed by atoms with Crippen LogP contribution in [-0.4, -0.2) is 47.3 Å². The van der Waals surface area contributed by atoms with Gasteiger partial charge in [-0.15, -0.1) is 0 Å². The molecule has 0 unspecified atom stereocenters. The van der Waals surface area contributed by atoms with Crippen LogP contribution in [0.4, 0.5) is 0 Å². The largest absolute Gasteiger partial charge is 0.467 e. The fourth-order valence-corrected chi connectivity index (χ4v) is 2.74. The number of amides is 3. The Kier molecular flexibility index (Phi) is 4.97. The van der Waals surface area contributed by atoms with Crippen LogP contribution in [0, 0.1) is 5.92 Å². The van der Waals surface area contributed by atoms with Crippen LogP contribution in [0.1, 0.15) is 48.4 Å². The molecule has 1 aromatic carbocycles. The van der Waals surface area contributed by atoms with Crippen LogP contribution in [0.25, 0.3) is 0 Å². The minimum Gasteiger partial charge on any atom is -0.467 e. The van der Waals surface area contributed by atoms with Gasteiger partial charge in [-0.1, -0.05) is 19.1 Å². The summed E-state index contributed by atoms with van der Waals surface area (Å²) in [6.45, 7) is 6.89. The van der Waals surface area contributed by atoms with E-state index >= 15 is 0 Å². The first-order valence-corrected chi connectivity index (χ1v) is 7.95. The summed E-state index contributed by atoms with van der Waals surface area (Å²) in [7, 11) is 1.15. The molecular formula is C18H22N2O5. The molecule has 1 aliphatic rings. The highest BCUT2D eigenvalue weighted by atomic mass is 16.5. The molecule has 2 rings (SSSR count). The number of benzene rings is 1. The summed E-state index contributed by atoms with van der Waals surface area (Å²) in [5.41, 5.74) is -0.0942. The second kappa shape index (κ2) is 6.66. The molecular weight excluding hydrogens is 324 g/mol. The molecule has 1 heterocycles. The zero-order chi connectivity index (χ0) is 18.9. The molecule has 1 aromatic rings. The maximum absolute atomic E-state index is 12.6. The fourth-order valence-electron chi connectivity index (χ4n) is 2.74. The van der Waals surface area contributed by atoms with Crippen molar-refractivity contribution in [2.45, 2.75) is 39.3 Å². The van der Waals surface area contributed by atoms with Crippen molar-refractivity contribution >= 4 is 23.7 Å². The molecule has 0 aliphatic carbocycles. The lowest BCUT2D eigenvalue weighted by Gasteiger charge is -2.30. The van der Waals surface area contributed by atoms with Crippen LogP contribution >= 0.6 is 0 Å². The molecule has 0 bridgehead atoms. The molecule has 0 saturated carbocycles. The van der Waals surface area contributed by atoms with Crippen LogP contribution < -0.4 is 5.32 Å². The lowest BCUT2D eigenvalue weighted by molar-refractivity contribution is -0.150. The third-order valence-corrected chi connectivity index (χ3v) is 3.93. The van der Waals surface area contributed by atoms with Crippen molar-refractivity contribution in [3.8, 4) is 0 Å². The summed E-state index contributed by atoms with van der Waals surface area (Å²) in [4.78, 5) is 50.9. The number of hydrogen-bond donors (Lipinski definition) is 1. The first-order valence-electron chi connectivity index (χ1n) is 7.95. The van der Waals surface area contributed by atoms with Crippen molar-refractivity contribution in [1.29, 1.82) is 0 Å². The van der Waals surface area contributed by atoms with Crippen molar-refractivity contribution in [2.24, 2.45) is 5.92 Å². The van der Waals surface area contributed by atoms with Gasteiger partial charge < -0.3 is 10.1 Å². The van der Waals surface area contributed by atoms with Gasteiger partial charge in [-0.25, -0.2) is 4.79 Å². The Bertz CT molecular complexity index is 700. The average Bonchev–Trinajstić information content (AvgIpc) is 2.78. The predicted molar refractivity (Wildman–Crippen MR) is 89.8 cm³/mol. The van der Waals surface area contributed by atoms with Gasteiger partial charge in [0, 0.05) is 5.54 Å². The maximum atomic E-state index is 12.6. The van der Waals surface area contributed by atoms with Crippen molar-refractivity contribution in [2.75, 3.05) is 7.11 Å². The maximum Gasteiger partial charge on any atom is 0.329 e. The van der Waals surface area contributed by atoms with Gasteiger partial charge in [-0.2, -0.15) is 0 Å². The Labute approximate surface area is 146 Å². The number of carbonyl (C=O) groups is 4. The summed E-state index contributed by atoms with van der Waals surface area (Å²) in [5, 5.41) is 2.76. The van der Waals surface area contributed by atoms with Crippen LogP contribution in [0.2, 0.25) is 0 Å². The molecule has 2 atom stereocenters. The summed E-state index contributed by atoms with van der Waals surface area (Å²) < 4.78 is 4.76. The normalized spacial score (nSPS) is 16.3. The molecule has 7 nitrogen and oxygen atoms in total. The quantitative estimate of drug-likeness (QED) is 0.657. The third-order valence-electron chi connectivity index (χ3n) is 3.93. The first-order chi connectivity index (χ1) is 11.6. The predicted octanol–water partition coefficient (Wildman–Crippen LogP) is 1.37. The second-order valence-corrected chi connectivity index (χ2v) is 7.02. The number of fused-ring (bicyclic) bond motifs is 1. The first kappa shape index (κ1) is 18.6. The Morgan fingerprint density at radius 2 is 1.56 bits per heavy atom. The number of hydrogen-bond acceptors (Lipinski definition) is 5. The lowest BCUT2D eigenvalue weighted by atomic mass is 9.97. The topological polar surface area (TPSA) is 92.8 Å². The van der Waals surface area contributed by atoms with Gasteiger partial charge in [-0.3, -0.25) is 19.3 Å². The van der Waals surface area contributed by atoms with E-state index in [0.29, 0.717) is 0 Å². The Balaban J connectivity index is 2.40. The van der Waals surface area contributed by atoms with Crippen LogP contribution in [-0.2, 0) is 14.3 Å². The summed E-state index contributed by atoms with van der Waals surface area (Å²) in [6, 6.07) is 4.97. The number of imide groups is 1. The van der Waals surface area contributed by atoms with Gasteiger partial charge in [0.1, 0.15) is 6.04 Å². The average molecular weight is 346 g/mol. The van der Waals surface area contributed by atoms with Gasteiger partial charge in [0.05, 0.1) is 24.2 Å². The number of rotatable bonds is 4. The number of ether oxygens (including phenoxy) is 1. The summed E-state index contributed by atoms with van der Waals surface area (Å²) in [5.74, 6) is -3.43. The minimum absolute atomic E-state index is 0.213. The monoisotopic (exact) mass is 346 g/mol. The van der Waals surface area contributed by atoms with Gasteiger partial charge in [0.25, 0.3) is 11.8 Å². The van der Waals surface area contributed by atoms with Gasteiger partial charge in [-0.05, 0) is 32.9 Å². The molecule has 0 fully saturated rings. The molecule has 0 saturated heterocycles. The Hall–Kier alpha value is -2.70. The Morgan fingerprint density at radius 3 is 1.96 bits per heavy atom. The molecule has 7 heteroatoms. The van der Waals surface area contributed by atoms with Crippen molar-refractivity contribution in [3.63, 3.8) is 0 Å². The van der Waals surface area contributed by atoms with Crippen LogP contribution in [0.15, 0.2) is 24.3 Å². The van der Waals surface area contributed by atoms with E-state index < -0.39 is 41.2 Å². The highest BCUT2D eigenvalue weighted by Gasteiger charge is 2.47. The van der Waals surface area contributed by atoms with Gasteiger partial charge in [0.15, 0.2) is 0 Å². The van der Waals surface area contributed by atoms with Crippen molar-refractivity contribution in [1.82, 2.24) is 10.2 Å². The highest BCUT2D eigenvalue weighted by Crippen LogP contribution is 2.28. The third kappa shape index (κ3) is 3.55. The molecule has 3 amide bonds. The van der Waals surface area contributed by atoms with Gasteiger partial charge >= 0.3 is 5.97 Å². The lowest BCUT2D eigenvalue weighted by Crippen LogP contribution is -2.55. The zero-order valence-corrected chi connectivity index (χ0v) is 15.0. The van der Waals surface area contributed by atoms with Crippen LogP contribution in [0.5, 0.6) is 0 Å². The van der Waals surface area contributed by atoms with E-state index in [1.807, 2.05) is 0 Å². The van der Waals surface area contributed by atoms with Crippen molar-refractivity contribution in [3.05, 3.63) is 35.4 Å². The number of nitrogens with zero attached hydrogens (tertiary/aromatic N) is 1. The number of carbonyl (C=O) groups excluding carboxylic acids is 4. The fraction of sp³-hybridized carbons (Fsp3) is 0.444. The van der Waals surface area contributed by atoms with E-state index in [0.717, 1.165) is 12.0 Å². The van der Waals surface area contributed by atoms with E-state index in [2.05, 4.69) is 5.32 Å². The van der Waals surface area contributed by atoms with E-state index in [9.17, 15) is 19.2 Å². The molecule has 0 aromatic heterocycles. The SMILES string of the molecule is COC(=O)[C@H]([C@@H](C)C(=O)NC(C)(C)C)N1C(=O)c2ccccc2C1=O. The smallest absolute Gasteiger partial charge is 0.329 e. The molecule has 25 heavy (non-hydrogen) atoms. The van der Waals surface area contributed by atoms with E-state index in [1.54, 1.807) is 32.9 Å².